The molecule has 0 aromatic carbocycles. The van der Waals surface area contributed by atoms with Gasteiger partial charge >= 0.3 is 18.1 Å². The first kappa shape index (κ1) is 37.3. The molecule has 0 saturated carbocycles. The second-order valence-electron chi connectivity index (χ2n) is 9.06. The van der Waals surface area contributed by atoms with Gasteiger partial charge in [0.1, 0.15) is 20.3 Å². The lowest BCUT2D eigenvalue weighted by atomic mass is 10.1. The standard InChI is InChI=1S/C27H44N2O9P2/c1-6-17-39(34,18-7-2)25(40(35,19-8-3)20-9-4)15-14-23(30)29-16-12-11-13-22(28)26(32)38-27(33)37-21-36-24(31)10-5/h6-9,22,25H,1-4,10-21,28H2,5H3,(H,29,30)/t22-/m0/s1. The van der Waals surface area contributed by atoms with Crippen molar-refractivity contribution in [2.45, 2.75) is 56.9 Å². The van der Waals surface area contributed by atoms with Gasteiger partial charge in [0.25, 0.3) is 0 Å². The van der Waals surface area contributed by atoms with E-state index in [1.807, 2.05) is 0 Å². The zero-order chi connectivity index (χ0) is 30.6. The number of amides is 1. The van der Waals surface area contributed by atoms with Gasteiger partial charge in [0, 0.05) is 44.0 Å². The first-order valence-electron chi connectivity index (χ1n) is 13.1. The lowest BCUT2D eigenvalue weighted by Gasteiger charge is -2.33. The molecule has 0 bridgehead atoms. The number of rotatable bonds is 22. The molecule has 40 heavy (non-hydrogen) atoms. The Hall–Kier alpha value is -2.74. The van der Waals surface area contributed by atoms with Gasteiger partial charge in [-0.3, -0.25) is 9.59 Å². The van der Waals surface area contributed by atoms with Crippen molar-refractivity contribution in [1.29, 1.82) is 0 Å². The molecule has 0 aliphatic carbocycles. The Kier molecular flexibility index (Phi) is 18.8. The molecule has 0 aromatic rings. The fourth-order valence-corrected chi connectivity index (χ4v) is 12.4. The monoisotopic (exact) mass is 602 g/mol. The highest BCUT2D eigenvalue weighted by Gasteiger charge is 2.42. The number of carbonyl (C=O) groups is 4. The zero-order valence-corrected chi connectivity index (χ0v) is 25.2. The first-order valence-corrected chi connectivity index (χ1v) is 17.4. The molecule has 13 heteroatoms. The molecule has 1 amide bonds. The van der Waals surface area contributed by atoms with Crippen molar-refractivity contribution in [3.05, 3.63) is 50.6 Å². The lowest BCUT2D eigenvalue weighted by Crippen LogP contribution is -2.34. The maximum Gasteiger partial charge on any atom is 0.519 e. The average molecular weight is 603 g/mol. The molecule has 226 valence electrons. The van der Waals surface area contributed by atoms with Crippen molar-refractivity contribution >= 4 is 38.3 Å². The molecule has 11 nitrogen and oxygen atoms in total. The van der Waals surface area contributed by atoms with E-state index in [1.165, 1.54) is 0 Å². The molecular formula is C27H44N2O9P2. The maximum atomic E-state index is 13.9. The van der Waals surface area contributed by atoms with Crippen molar-refractivity contribution < 1.29 is 42.5 Å². The number of allylic oxidation sites excluding steroid dienone is 4. The highest BCUT2D eigenvalue weighted by Crippen LogP contribution is 2.69. The van der Waals surface area contributed by atoms with Gasteiger partial charge in [0.2, 0.25) is 12.7 Å². The second-order valence-corrected chi connectivity index (χ2v) is 16.0. The van der Waals surface area contributed by atoms with E-state index in [2.05, 4.69) is 45.8 Å². The van der Waals surface area contributed by atoms with E-state index in [0.717, 1.165) is 0 Å². The molecule has 0 radical (unpaired) electrons. The van der Waals surface area contributed by atoms with Crippen LogP contribution in [0.4, 0.5) is 4.79 Å². The van der Waals surface area contributed by atoms with Gasteiger partial charge in [-0.25, -0.2) is 9.59 Å². The van der Waals surface area contributed by atoms with Crippen LogP contribution in [0.3, 0.4) is 0 Å². The fourth-order valence-electron chi connectivity index (χ4n) is 3.98. The average Bonchev–Trinajstić information content (AvgIpc) is 2.88. The van der Waals surface area contributed by atoms with Gasteiger partial charge in [-0.15, -0.1) is 26.3 Å². The first-order chi connectivity index (χ1) is 18.9. The molecule has 0 heterocycles. The number of unbranched alkanes of at least 4 members (excludes halogenated alkanes) is 1. The summed E-state index contributed by atoms with van der Waals surface area (Å²) in [4.78, 5) is 46.9. The number of hydrogen-bond donors (Lipinski definition) is 2. The minimum atomic E-state index is -3.03. The van der Waals surface area contributed by atoms with Gasteiger partial charge in [-0.05, 0) is 25.7 Å². The van der Waals surface area contributed by atoms with Crippen LogP contribution in [0.15, 0.2) is 50.6 Å². The predicted molar refractivity (Wildman–Crippen MR) is 157 cm³/mol. The normalized spacial score (nSPS) is 12.1. The number of nitrogens with two attached hydrogens (primary N) is 1. The van der Waals surface area contributed by atoms with Crippen LogP contribution in [0.25, 0.3) is 0 Å². The van der Waals surface area contributed by atoms with E-state index >= 15 is 0 Å². The van der Waals surface area contributed by atoms with E-state index in [9.17, 15) is 28.3 Å². The molecule has 1 atom stereocenters. The molecule has 0 aliphatic heterocycles. The number of carbonyl (C=O) groups excluding carboxylic acids is 4. The molecule has 3 N–H and O–H groups in total. The van der Waals surface area contributed by atoms with Crippen LogP contribution in [-0.4, -0.2) is 73.4 Å². The summed E-state index contributed by atoms with van der Waals surface area (Å²) in [6, 6.07) is -1.09. The highest BCUT2D eigenvalue weighted by molar-refractivity contribution is 7.82. The number of ether oxygens (including phenoxy) is 3. The van der Waals surface area contributed by atoms with E-state index in [1.54, 1.807) is 31.2 Å². The smallest absolute Gasteiger partial charge is 0.428 e. The topological polar surface area (TPSA) is 168 Å². The molecule has 0 spiro atoms. The SMILES string of the molecule is C=CCP(=O)(CC=C)C(CCC(=O)NCCCC[C@H](N)C(=O)OC(=O)OCOC(=O)CC)P(=O)(CC=C)CC=C. The lowest BCUT2D eigenvalue weighted by molar-refractivity contribution is -0.154. The molecule has 0 saturated heterocycles. The summed E-state index contributed by atoms with van der Waals surface area (Å²) >= 11 is 0. The summed E-state index contributed by atoms with van der Waals surface area (Å²) in [7, 11) is -6.07. The van der Waals surface area contributed by atoms with Crippen molar-refractivity contribution in [1.82, 2.24) is 5.32 Å². The Morgan fingerprint density at radius 3 is 1.85 bits per heavy atom. The van der Waals surface area contributed by atoms with Gasteiger partial charge < -0.3 is 34.4 Å². The summed E-state index contributed by atoms with van der Waals surface area (Å²) in [6.45, 7) is 16.0. The summed E-state index contributed by atoms with van der Waals surface area (Å²) in [5.41, 5.74) is 5.73. The fraction of sp³-hybridized carbons (Fsp3) is 0.556. The third kappa shape index (κ3) is 14.1. The maximum absolute atomic E-state index is 13.9. The van der Waals surface area contributed by atoms with Crippen molar-refractivity contribution in [3.8, 4) is 0 Å². The highest BCUT2D eigenvalue weighted by atomic mass is 31.2. The van der Waals surface area contributed by atoms with Crippen LogP contribution in [-0.2, 0) is 37.7 Å². The van der Waals surface area contributed by atoms with Crippen molar-refractivity contribution in [2.24, 2.45) is 5.73 Å². The largest absolute Gasteiger partial charge is 0.519 e. The van der Waals surface area contributed by atoms with Crippen LogP contribution in [0, 0.1) is 0 Å². The Morgan fingerprint density at radius 2 is 1.38 bits per heavy atom. The van der Waals surface area contributed by atoms with E-state index in [-0.39, 0.29) is 56.2 Å². The molecule has 0 unspecified atom stereocenters. The predicted octanol–water partition coefficient (Wildman–Crippen LogP) is 4.77. The summed E-state index contributed by atoms with van der Waals surface area (Å²) in [6.07, 6.45) is 7.08. The van der Waals surface area contributed by atoms with E-state index < -0.39 is 50.6 Å². The number of hydrogen-bond acceptors (Lipinski definition) is 10. The van der Waals surface area contributed by atoms with Crippen LogP contribution >= 0.6 is 14.3 Å². The molecule has 0 aromatic heterocycles. The minimum absolute atomic E-state index is 0.0305. The van der Waals surface area contributed by atoms with Crippen LogP contribution in [0.2, 0.25) is 0 Å². The third-order valence-corrected chi connectivity index (χ3v) is 14.6. The quantitative estimate of drug-likeness (QED) is 0.0440. The molecule has 0 aliphatic rings. The summed E-state index contributed by atoms with van der Waals surface area (Å²) in [5, 5.41) is 2.08. The number of esters is 2. The van der Waals surface area contributed by atoms with Gasteiger partial charge in [-0.2, -0.15) is 0 Å². The number of nitrogens with one attached hydrogen (secondary N) is 1. The Labute approximate surface area is 237 Å². The summed E-state index contributed by atoms with van der Waals surface area (Å²) in [5.74, 6) is -1.86. The van der Waals surface area contributed by atoms with Gasteiger partial charge in [0.05, 0.1) is 5.40 Å². The Morgan fingerprint density at radius 1 is 0.850 bits per heavy atom. The molecule has 0 fully saturated rings. The molecule has 0 rings (SSSR count). The zero-order valence-electron chi connectivity index (χ0n) is 23.4. The van der Waals surface area contributed by atoms with Crippen LogP contribution in [0.5, 0.6) is 0 Å². The third-order valence-electron chi connectivity index (χ3n) is 5.90. The second kappa shape index (κ2) is 20.2. The van der Waals surface area contributed by atoms with E-state index in [0.29, 0.717) is 19.4 Å². The van der Waals surface area contributed by atoms with Gasteiger partial charge in [-0.1, -0.05) is 31.2 Å². The molecular weight excluding hydrogens is 558 g/mol. The Balaban J connectivity index is 4.78. The van der Waals surface area contributed by atoms with Crippen molar-refractivity contribution in [3.63, 3.8) is 0 Å². The van der Waals surface area contributed by atoms with Crippen LogP contribution in [0.1, 0.15) is 45.4 Å². The summed E-state index contributed by atoms with van der Waals surface area (Å²) < 4.78 is 41.2. The van der Waals surface area contributed by atoms with Crippen molar-refractivity contribution in [2.75, 3.05) is 38.0 Å². The van der Waals surface area contributed by atoms with E-state index in [4.69, 9.17) is 5.73 Å². The minimum Gasteiger partial charge on any atom is -0.428 e. The van der Waals surface area contributed by atoms with Gasteiger partial charge in [0.15, 0.2) is 0 Å². The Bertz CT molecular complexity index is 930. The van der Waals surface area contributed by atoms with Crippen LogP contribution < -0.4 is 11.1 Å².